The Bertz CT molecular complexity index is 854. The first kappa shape index (κ1) is 19.3. The van der Waals surface area contributed by atoms with E-state index in [1.54, 1.807) is 4.57 Å². The Morgan fingerprint density at radius 2 is 2.19 bits per heavy atom. The van der Waals surface area contributed by atoms with Gasteiger partial charge in [-0.15, -0.1) is 0 Å². The van der Waals surface area contributed by atoms with Crippen LogP contribution in [0.4, 0.5) is 4.39 Å². The molecule has 0 bridgehead atoms. The Labute approximate surface area is 158 Å². The van der Waals surface area contributed by atoms with Crippen molar-refractivity contribution in [1.82, 2.24) is 19.8 Å². The molecule has 1 aliphatic rings. The molecule has 2 aromatic rings. The zero-order chi connectivity index (χ0) is 18.8. The molecule has 0 unspecified atom stereocenters. The van der Waals surface area contributed by atoms with Gasteiger partial charge in [0.2, 0.25) is 0 Å². The Morgan fingerprint density at radius 1 is 1.42 bits per heavy atom. The summed E-state index contributed by atoms with van der Waals surface area (Å²) in [7, 11) is 0. The van der Waals surface area contributed by atoms with E-state index in [2.05, 4.69) is 29.0 Å². The summed E-state index contributed by atoms with van der Waals surface area (Å²) in [6.07, 6.45) is 1.84. The molecule has 1 aliphatic heterocycles. The van der Waals surface area contributed by atoms with E-state index in [4.69, 9.17) is 11.6 Å². The van der Waals surface area contributed by atoms with Crippen molar-refractivity contribution in [3.63, 3.8) is 0 Å². The molecular weight excluding hydrogens is 355 g/mol. The molecule has 1 aromatic carbocycles. The number of benzene rings is 1. The number of hydrogen-bond acceptors (Lipinski definition) is 4. The molecule has 1 fully saturated rings. The predicted molar refractivity (Wildman–Crippen MR) is 103 cm³/mol. The Balaban J connectivity index is 2.18. The van der Waals surface area contributed by atoms with Crippen molar-refractivity contribution in [2.45, 2.75) is 52.2 Å². The van der Waals surface area contributed by atoms with E-state index in [1.807, 2.05) is 6.92 Å². The van der Waals surface area contributed by atoms with E-state index < -0.39 is 5.82 Å². The molecule has 0 saturated carbocycles. The van der Waals surface area contributed by atoms with Gasteiger partial charge in [0.1, 0.15) is 11.3 Å². The number of nitrogens with one attached hydrogen (secondary N) is 1. The lowest BCUT2D eigenvalue weighted by molar-refractivity contribution is 0.132. The summed E-state index contributed by atoms with van der Waals surface area (Å²) >= 11 is 5.95. The second-order valence-corrected chi connectivity index (χ2v) is 7.39. The summed E-state index contributed by atoms with van der Waals surface area (Å²) in [6, 6.07) is 3.10. The summed E-state index contributed by atoms with van der Waals surface area (Å²) in [4.78, 5) is 20.0. The van der Waals surface area contributed by atoms with Gasteiger partial charge in [-0.1, -0.05) is 24.9 Å². The average Bonchev–Trinajstić information content (AvgIpc) is 2.60. The lowest BCUT2D eigenvalue weighted by Gasteiger charge is -2.38. The monoisotopic (exact) mass is 380 g/mol. The molecule has 0 radical (unpaired) electrons. The SMILES string of the molecule is CCC[C@H](c1nc2c(F)cc(Cl)cc2c(=O)n1CC)N1CCN[C@@H](C)C1. The van der Waals surface area contributed by atoms with Crippen LogP contribution in [-0.2, 0) is 6.54 Å². The maximum Gasteiger partial charge on any atom is 0.261 e. The van der Waals surface area contributed by atoms with Crippen molar-refractivity contribution in [2.75, 3.05) is 19.6 Å². The van der Waals surface area contributed by atoms with Gasteiger partial charge >= 0.3 is 0 Å². The van der Waals surface area contributed by atoms with Gasteiger partial charge in [-0.05, 0) is 32.4 Å². The van der Waals surface area contributed by atoms with Gasteiger partial charge < -0.3 is 5.32 Å². The first-order valence-electron chi connectivity index (χ1n) is 9.33. The fourth-order valence-corrected chi connectivity index (χ4v) is 4.03. The van der Waals surface area contributed by atoms with Crippen LogP contribution >= 0.6 is 11.6 Å². The second kappa shape index (κ2) is 8.03. The van der Waals surface area contributed by atoms with Crippen molar-refractivity contribution in [3.05, 3.63) is 39.2 Å². The average molecular weight is 381 g/mol. The summed E-state index contributed by atoms with van der Waals surface area (Å²) in [5.74, 6) is 0.111. The van der Waals surface area contributed by atoms with Crippen LogP contribution in [0.2, 0.25) is 5.02 Å². The lowest BCUT2D eigenvalue weighted by Crippen LogP contribution is -2.51. The molecular formula is C19H26ClFN4O. The number of halogens is 2. The molecule has 1 N–H and O–H groups in total. The van der Waals surface area contributed by atoms with Gasteiger partial charge in [0.15, 0.2) is 5.82 Å². The first-order valence-corrected chi connectivity index (χ1v) is 9.71. The molecule has 0 spiro atoms. The molecule has 2 atom stereocenters. The van der Waals surface area contributed by atoms with E-state index >= 15 is 0 Å². The van der Waals surface area contributed by atoms with Crippen molar-refractivity contribution in [3.8, 4) is 0 Å². The zero-order valence-electron chi connectivity index (χ0n) is 15.6. The molecule has 142 valence electrons. The molecule has 3 rings (SSSR count). The summed E-state index contributed by atoms with van der Waals surface area (Å²) in [5, 5.41) is 3.89. The minimum Gasteiger partial charge on any atom is -0.312 e. The zero-order valence-corrected chi connectivity index (χ0v) is 16.3. The Kier molecular flexibility index (Phi) is 5.95. The first-order chi connectivity index (χ1) is 12.5. The van der Waals surface area contributed by atoms with Crippen LogP contribution in [0.25, 0.3) is 10.9 Å². The molecule has 0 aliphatic carbocycles. The van der Waals surface area contributed by atoms with E-state index in [-0.39, 0.29) is 27.5 Å². The van der Waals surface area contributed by atoms with E-state index in [0.29, 0.717) is 18.4 Å². The third kappa shape index (κ3) is 3.63. The number of piperazine rings is 1. The standard InChI is InChI=1S/C19H26ClFN4O/c1-4-6-16(24-8-7-22-12(3)11-24)18-23-17-14(19(26)25(18)5-2)9-13(20)10-15(17)21/h9-10,12,16,22H,4-8,11H2,1-3H3/t12-,16+/m0/s1. The van der Waals surface area contributed by atoms with Crippen LogP contribution in [0.5, 0.6) is 0 Å². The van der Waals surface area contributed by atoms with Gasteiger partial charge in [0.25, 0.3) is 5.56 Å². The molecule has 1 aromatic heterocycles. The summed E-state index contributed by atoms with van der Waals surface area (Å²) < 4.78 is 16.1. The third-order valence-electron chi connectivity index (χ3n) is 5.02. The molecule has 7 heteroatoms. The molecule has 1 saturated heterocycles. The predicted octanol–water partition coefficient (Wildman–Crippen LogP) is 3.34. The maximum atomic E-state index is 14.5. The van der Waals surface area contributed by atoms with Gasteiger partial charge in [-0.3, -0.25) is 14.3 Å². The van der Waals surface area contributed by atoms with Crippen LogP contribution in [0.3, 0.4) is 0 Å². The Morgan fingerprint density at radius 3 is 2.85 bits per heavy atom. The van der Waals surface area contributed by atoms with Gasteiger partial charge in [-0.25, -0.2) is 9.37 Å². The second-order valence-electron chi connectivity index (χ2n) is 6.96. The van der Waals surface area contributed by atoms with E-state index in [1.165, 1.54) is 12.1 Å². The maximum absolute atomic E-state index is 14.5. The summed E-state index contributed by atoms with van der Waals surface area (Å²) in [5.41, 5.74) is -0.110. The van der Waals surface area contributed by atoms with Crippen LogP contribution in [0.15, 0.2) is 16.9 Å². The highest BCUT2D eigenvalue weighted by Gasteiger charge is 2.28. The largest absolute Gasteiger partial charge is 0.312 e. The number of hydrogen-bond donors (Lipinski definition) is 1. The summed E-state index contributed by atoms with van der Waals surface area (Å²) in [6.45, 7) is 9.35. The van der Waals surface area contributed by atoms with Crippen LogP contribution in [0, 0.1) is 5.82 Å². The van der Waals surface area contributed by atoms with Gasteiger partial charge in [-0.2, -0.15) is 0 Å². The quantitative estimate of drug-likeness (QED) is 0.864. The number of rotatable bonds is 5. The van der Waals surface area contributed by atoms with Crippen LogP contribution in [-0.4, -0.2) is 40.1 Å². The van der Waals surface area contributed by atoms with Crippen LogP contribution in [0.1, 0.15) is 45.5 Å². The van der Waals surface area contributed by atoms with Gasteiger partial charge in [0.05, 0.1) is 11.4 Å². The molecule has 0 amide bonds. The normalized spacial score (nSPS) is 19.8. The van der Waals surface area contributed by atoms with Gasteiger partial charge in [0, 0.05) is 37.2 Å². The van der Waals surface area contributed by atoms with E-state index in [0.717, 1.165) is 32.5 Å². The number of aromatic nitrogens is 2. The smallest absolute Gasteiger partial charge is 0.261 e. The highest BCUT2D eigenvalue weighted by molar-refractivity contribution is 6.31. The fraction of sp³-hybridized carbons (Fsp3) is 0.579. The van der Waals surface area contributed by atoms with Crippen molar-refractivity contribution in [2.24, 2.45) is 0 Å². The molecule has 2 heterocycles. The minimum atomic E-state index is -0.543. The highest BCUT2D eigenvalue weighted by atomic mass is 35.5. The topological polar surface area (TPSA) is 50.2 Å². The van der Waals surface area contributed by atoms with Crippen LogP contribution < -0.4 is 10.9 Å². The third-order valence-corrected chi connectivity index (χ3v) is 5.24. The Hall–Kier alpha value is -1.50. The lowest BCUT2D eigenvalue weighted by atomic mass is 10.1. The van der Waals surface area contributed by atoms with Crippen molar-refractivity contribution < 1.29 is 4.39 Å². The minimum absolute atomic E-state index is 0.00308. The highest BCUT2D eigenvalue weighted by Crippen LogP contribution is 2.27. The number of nitrogens with zero attached hydrogens (tertiary/aromatic N) is 3. The van der Waals surface area contributed by atoms with Crippen molar-refractivity contribution in [1.29, 1.82) is 0 Å². The van der Waals surface area contributed by atoms with E-state index in [9.17, 15) is 9.18 Å². The number of fused-ring (bicyclic) bond motifs is 1. The molecule has 5 nitrogen and oxygen atoms in total. The van der Waals surface area contributed by atoms with Crippen molar-refractivity contribution >= 4 is 22.5 Å². The fourth-order valence-electron chi connectivity index (χ4n) is 3.82. The molecule has 26 heavy (non-hydrogen) atoms.